The highest BCUT2D eigenvalue weighted by molar-refractivity contribution is 7.20. The van der Waals surface area contributed by atoms with Gasteiger partial charge in [0.2, 0.25) is 10.1 Å². The highest BCUT2D eigenvalue weighted by atomic mass is 32.1. The molecular formula is C17H12FN5O2S. The molecule has 0 bridgehead atoms. The fraction of sp³-hybridized carbons (Fsp3) is 0.0588. The summed E-state index contributed by atoms with van der Waals surface area (Å²) in [5.41, 5.74) is 1.03. The average molecular weight is 369 g/mol. The van der Waals surface area contributed by atoms with Crippen LogP contribution in [0.3, 0.4) is 0 Å². The van der Waals surface area contributed by atoms with Crippen LogP contribution >= 0.6 is 11.3 Å². The van der Waals surface area contributed by atoms with Crippen molar-refractivity contribution in [3.8, 4) is 17.1 Å². The second-order valence-electron chi connectivity index (χ2n) is 5.32. The van der Waals surface area contributed by atoms with Gasteiger partial charge in [0.15, 0.2) is 5.82 Å². The molecule has 9 heteroatoms. The molecular weight excluding hydrogens is 357 g/mol. The number of hydrogen-bond donors (Lipinski definition) is 1. The Morgan fingerprint density at radius 3 is 2.73 bits per heavy atom. The molecule has 0 spiro atoms. The Bertz CT molecular complexity index is 1090. The van der Waals surface area contributed by atoms with Gasteiger partial charge in [0.1, 0.15) is 11.6 Å². The number of aromatic nitrogens is 4. The summed E-state index contributed by atoms with van der Waals surface area (Å²) < 4.78 is 19.9. The number of ether oxygens (including phenoxy) is 1. The third kappa shape index (κ3) is 3.00. The topological polar surface area (TPSA) is 81.4 Å². The van der Waals surface area contributed by atoms with Crippen molar-refractivity contribution >= 4 is 27.3 Å². The van der Waals surface area contributed by atoms with E-state index in [9.17, 15) is 9.18 Å². The molecule has 0 unspecified atom stereocenters. The molecule has 2 heterocycles. The van der Waals surface area contributed by atoms with E-state index in [4.69, 9.17) is 4.74 Å². The zero-order valence-corrected chi connectivity index (χ0v) is 14.3. The van der Waals surface area contributed by atoms with Crippen molar-refractivity contribution in [3.63, 3.8) is 0 Å². The Labute approximate surface area is 151 Å². The van der Waals surface area contributed by atoms with E-state index < -0.39 is 11.7 Å². The predicted molar refractivity (Wildman–Crippen MR) is 95.0 cm³/mol. The van der Waals surface area contributed by atoms with E-state index in [2.05, 4.69) is 20.6 Å². The number of carbonyl (C=O) groups excluding carboxylic acids is 1. The Kier molecular flexibility index (Phi) is 4.05. The summed E-state index contributed by atoms with van der Waals surface area (Å²) in [6, 6.07) is 12.8. The van der Waals surface area contributed by atoms with Crippen molar-refractivity contribution in [2.75, 3.05) is 12.4 Å². The summed E-state index contributed by atoms with van der Waals surface area (Å²) in [4.78, 5) is 12.8. The van der Waals surface area contributed by atoms with E-state index in [0.717, 1.165) is 11.3 Å². The van der Waals surface area contributed by atoms with Crippen LogP contribution in [0.2, 0.25) is 0 Å². The largest absolute Gasteiger partial charge is 0.497 e. The number of anilines is 1. The molecule has 2 aromatic carbocycles. The van der Waals surface area contributed by atoms with Crippen molar-refractivity contribution in [1.29, 1.82) is 0 Å². The molecule has 1 amide bonds. The van der Waals surface area contributed by atoms with E-state index in [0.29, 0.717) is 15.9 Å². The van der Waals surface area contributed by atoms with E-state index >= 15 is 0 Å². The van der Waals surface area contributed by atoms with Gasteiger partial charge in [-0.25, -0.2) is 4.39 Å². The minimum Gasteiger partial charge on any atom is -0.497 e. The third-order valence-electron chi connectivity index (χ3n) is 3.65. The van der Waals surface area contributed by atoms with Gasteiger partial charge in [0.05, 0.1) is 7.11 Å². The quantitative estimate of drug-likeness (QED) is 0.597. The molecule has 0 aliphatic heterocycles. The minimum atomic E-state index is -0.474. The summed E-state index contributed by atoms with van der Waals surface area (Å²) >= 11 is 1.18. The van der Waals surface area contributed by atoms with Crippen LogP contribution in [-0.4, -0.2) is 32.8 Å². The number of amides is 1. The monoisotopic (exact) mass is 369 g/mol. The first-order valence-electron chi connectivity index (χ1n) is 7.57. The highest BCUT2D eigenvalue weighted by Gasteiger charge is 2.16. The number of carbonyl (C=O) groups is 1. The highest BCUT2D eigenvalue weighted by Crippen LogP contribution is 2.25. The number of halogens is 1. The lowest BCUT2D eigenvalue weighted by Gasteiger charge is -2.02. The zero-order chi connectivity index (χ0) is 18.1. The Balaban J connectivity index is 1.62. The summed E-state index contributed by atoms with van der Waals surface area (Å²) in [5, 5.41) is 15.5. The van der Waals surface area contributed by atoms with Gasteiger partial charge in [0, 0.05) is 11.1 Å². The number of nitrogens with zero attached hydrogens (tertiary/aromatic N) is 4. The van der Waals surface area contributed by atoms with Gasteiger partial charge in [-0.15, -0.1) is 15.3 Å². The van der Waals surface area contributed by atoms with Crippen LogP contribution in [0.1, 0.15) is 10.4 Å². The van der Waals surface area contributed by atoms with E-state index in [-0.39, 0.29) is 5.56 Å². The van der Waals surface area contributed by atoms with Crippen molar-refractivity contribution in [2.45, 2.75) is 0 Å². The molecule has 0 radical (unpaired) electrons. The molecule has 130 valence electrons. The lowest BCUT2D eigenvalue weighted by atomic mass is 10.2. The van der Waals surface area contributed by atoms with Crippen molar-refractivity contribution in [2.24, 2.45) is 0 Å². The van der Waals surface area contributed by atoms with E-state index in [1.54, 1.807) is 11.6 Å². The fourth-order valence-corrected chi connectivity index (χ4v) is 3.12. The maximum atomic E-state index is 13.3. The van der Waals surface area contributed by atoms with Crippen molar-refractivity contribution in [1.82, 2.24) is 19.8 Å². The zero-order valence-electron chi connectivity index (χ0n) is 13.5. The van der Waals surface area contributed by atoms with Crippen LogP contribution in [0.5, 0.6) is 5.75 Å². The summed E-state index contributed by atoms with van der Waals surface area (Å²) in [6.45, 7) is 0. The Morgan fingerprint density at radius 2 is 2.00 bits per heavy atom. The summed E-state index contributed by atoms with van der Waals surface area (Å²) in [6.07, 6.45) is 0. The molecule has 0 saturated carbocycles. The Hall–Kier alpha value is -3.33. The molecule has 26 heavy (non-hydrogen) atoms. The van der Waals surface area contributed by atoms with Gasteiger partial charge in [0.25, 0.3) is 5.91 Å². The predicted octanol–water partition coefficient (Wildman–Crippen LogP) is 3.25. The molecule has 0 saturated heterocycles. The molecule has 0 aliphatic rings. The first-order chi connectivity index (χ1) is 12.6. The fourth-order valence-electron chi connectivity index (χ4n) is 2.39. The molecule has 1 N–H and O–H groups in total. The van der Waals surface area contributed by atoms with Crippen molar-refractivity contribution < 1.29 is 13.9 Å². The molecule has 0 fully saturated rings. The molecule has 0 atom stereocenters. The summed E-state index contributed by atoms with van der Waals surface area (Å²) in [5.74, 6) is 0.360. The van der Waals surface area contributed by atoms with Crippen LogP contribution < -0.4 is 10.1 Å². The maximum absolute atomic E-state index is 13.3. The second kappa shape index (κ2) is 6.52. The van der Waals surface area contributed by atoms with Crippen LogP contribution in [-0.2, 0) is 0 Å². The van der Waals surface area contributed by atoms with Gasteiger partial charge in [-0.3, -0.25) is 10.1 Å². The number of methoxy groups -OCH3 is 1. The number of fused-ring (bicyclic) bond motifs is 1. The van der Waals surface area contributed by atoms with E-state index in [1.807, 2.05) is 24.3 Å². The van der Waals surface area contributed by atoms with Gasteiger partial charge in [-0.1, -0.05) is 17.4 Å². The lowest BCUT2D eigenvalue weighted by molar-refractivity contribution is 0.102. The number of nitrogens with one attached hydrogen (secondary N) is 1. The van der Waals surface area contributed by atoms with Gasteiger partial charge >= 0.3 is 0 Å². The Morgan fingerprint density at radius 1 is 1.19 bits per heavy atom. The number of hydrogen-bond acceptors (Lipinski definition) is 6. The lowest BCUT2D eigenvalue weighted by Crippen LogP contribution is -2.12. The SMILES string of the molecule is COc1ccc(-c2nnc3sc(NC(=O)c4cccc(F)c4)nn23)cc1. The summed E-state index contributed by atoms with van der Waals surface area (Å²) in [7, 11) is 1.60. The van der Waals surface area contributed by atoms with Crippen LogP contribution in [0, 0.1) is 5.82 Å². The first-order valence-corrected chi connectivity index (χ1v) is 8.39. The van der Waals surface area contributed by atoms with E-state index in [1.165, 1.54) is 35.6 Å². The van der Waals surface area contributed by atoms with Crippen LogP contribution in [0.15, 0.2) is 48.5 Å². The molecule has 0 aliphatic carbocycles. The molecule has 4 rings (SSSR count). The van der Waals surface area contributed by atoms with Crippen molar-refractivity contribution in [3.05, 3.63) is 59.9 Å². The molecule has 4 aromatic rings. The first kappa shape index (κ1) is 16.2. The third-order valence-corrected chi connectivity index (χ3v) is 4.46. The number of benzene rings is 2. The van der Waals surface area contributed by atoms with Crippen LogP contribution in [0.25, 0.3) is 16.3 Å². The minimum absolute atomic E-state index is 0.214. The maximum Gasteiger partial charge on any atom is 0.257 e. The van der Waals surface area contributed by atoms with Gasteiger partial charge in [-0.2, -0.15) is 4.52 Å². The van der Waals surface area contributed by atoms with Crippen LogP contribution in [0.4, 0.5) is 9.52 Å². The normalized spacial score (nSPS) is 10.8. The molecule has 2 aromatic heterocycles. The standard InChI is InChI=1S/C17H12FN5O2S/c1-25-13-7-5-10(6-8-13)14-20-21-17-23(14)22-16(26-17)19-15(24)11-3-2-4-12(18)9-11/h2-9H,1H3,(H,19,22,24). The van der Waals surface area contributed by atoms with Gasteiger partial charge < -0.3 is 4.74 Å². The van der Waals surface area contributed by atoms with Gasteiger partial charge in [-0.05, 0) is 42.5 Å². The molecule has 7 nitrogen and oxygen atoms in total. The smallest absolute Gasteiger partial charge is 0.257 e. The average Bonchev–Trinajstić information content (AvgIpc) is 3.22. The second-order valence-corrected chi connectivity index (χ2v) is 6.27. The number of rotatable bonds is 4.